The number of amides is 3. The van der Waals surface area contributed by atoms with Gasteiger partial charge in [0.15, 0.2) is 0 Å². The molecule has 0 fully saturated rings. The Morgan fingerprint density at radius 3 is 2.26 bits per heavy atom. The standard InChI is InChI=1S/C25H20Cl2N4O4/c1-14-16(26)9-6-11-18(14)28-23(32)20-13-15-7-5-12-21(35-2)22(15)31(20)30-25(34)24(33)29-19-10-4-3-8-17(19)27/h3-13H,1-2H3,(H,28,32)(H,29,33)(H,30,34). The van der Waals surface area contributed by atoms with Crippen LogP contribution >= 0.6 is 23.2 Å². The largest absolute Gasteiger partial charge is 0.494 e. The van der Waals surface area contributed by atoms with Gasteiger partial charge in [-0.25, -0.2) is 4.68 Å². The molecule has 4 rings (SSSR count). The SMILES string of the molecule is COc1cccc2cc(C(=O)Nc3cccc(Cl)c3C)n(NC(=O)C(=O)Nc3ccccc3Cl)c12. The lowest BCUT2D eigenvalue weighted by Crippen LogP contribution is -2.36. The van der Waals surface area contributed by atoms with Crippen molar-refractivity contribution < 1.29 is 19.1 Å². The van der Waals surface area contributed by atoms with Crippen molar-refractivity contribution in [2.75, 3.05) is 23.2 Å². The summed E-state index contributed by atoms with van der Waals surface area (Å²) in [5, 5.41) is 6.65. The van der Waals surface area contributed by atoms with Crippen molar-refractivity contribution in [1.82, 2.24) is 4.68 Å². The second-order valence-electron chi connectivity index (χ2n) is 7.50. The minimum atomic E-state index is -1.01. The van der Waals surface area contributed by atoms with E-state index in [9.17, 15) is 14.4 Å². The first-order chi connectivity index (χ1) is 16.8. The Morgan fingerprint density at radius 2 is 1.51 bits per heavy atom. The third-order valence-corrected chi connectivity index (χ3v) is 6.04. The molecular formula is C25H20Cl2N4O4. The third kappa shape index (κ3) is 4.94. The summed E-state index contributed by atoms with van der Waals surface area (Å²) in [6, 6.07) is 18.4. The Balaban J connectivity index is 1.70. The van der Waals surface area contributed by atoms with Crippen molar-refractivity contribution >= 4 is 63.2 Å². The van der Waals surface area contributed by atoms with E-state index in [2.05, 4.69) is 16.1 Å². The molecule has 0 aliphatic carbocycles. The summed E-state index contributed by atoms with van der Waals surface area (Å²) < 4.78 is 6.65. The number of carbonyl (C=O) groups is 3. The van der Waals surface area contributed by atoms with Crippen LogP contribution in [0.15, 0.2) is 66.7 Å². The lowest BCUT2D eigenvalue weighted by molar-refractivity contribution is -0.133. The summed E-state index contributed by atoms with van der Waals surface area (Å²) in [5.74, 6) is -2.11. The van der Waals surface area contributed by atoms with E-state index in [0.29, 0.717) is 32.9 Å². The van der Waals surface area contributed by atoms with Crippen LogP contribution in [0.2, 0.25) is 10.0 Å². The Bertz CT molecular complexity index is 1470. The Morgan fingerprint density at radius 1 is 0.829 bits per heavy atom. The van der Waals surface area contributed by atoms with Gasteiger partial charge in [0.25, 0.3) is 5.91 Å². The van der Waals surface area contributed by atoms with E-state index in [0.717, 1.165) is 0 Å². The van der Waals surface area contributed by atoms with Crippen LogP contribution in [0.3, 0.4) is 0 Å². The highest BCUT2D eigenvalue weighted by Crippen LogP contribution is 2.29. The molecule has 0 aliphatic rings. The van der Waals surface area contributed by atoms with Crippen LogP contribution in [0, 0.1) is 6.92 Å². The normalized spacial score (nSPS) is 10.6. The number of hydrogen-bond acceptors (Lipinski definition) is 4. The van der Waals surface area contributed by atoms with E-state index in [1.165, 1.54) is 11.8 Å². The number of nitrogens with zero attached hydrogens (tertiary/aromatic N) is 1. The van der Waals surface area contributed by atoms with Gasteiger partial charge < -0.3 is 15.4 Å². The summed E-state index contributed by atoms with van der Waals surface area (Å²) in [7, 11) is 1.47. The van der Waals surface area contributed by atoms with Gasteiger partial charge in [-0.15, -0.1) is 0 Å². The first-order valence-corrected chi connectivity index (χ1v) is 11.2. The molecule has 4 aromatic rings. The van der Waals surface area contributed by atoms with E-state index in [1.807, 2.05) is 0 Å². The van der Waals surface area contributed by atoms with Crippen LogP contribution in [0.5, 0.6) is 5.75 Å². The average molecular weight is 511 g/mol. The molecule has 0 saturated heterocycles. The molecule has 0 saturated carbocycles. The van der Waals surface area contributed by atoms with Crippen LogP contribution < -0.4 is 20.8 Å². The second-order valence-corrected chi connectivity index (χ2v) is 8.32. The van der Waals surface area contributed by atoms with Gasteiger partial charge in [0.05, 0.1) is 17.8 Å². The molecule has 8 nitrogen and oxygen atoms in total. The molecule has 0 unspecified atom stereocenters. The number of para-hydroxylation sites is 2. The third-order valence-electron chi connectivity index (χ3n) is 5.30. The average Bonchev–Trinajstić information content (AvgIpc) is 3.22. The lowest BCUT2D eigenvalue weighted by Gasteiger charge is -2.15. The fraction of sp³-hybridized carbons (Fsp3) is 0.0800. The fourth-order valence-corrected chi connectivity index (χ4v) is 3.86. The molecule has 0 atom stereocenters. The lowest BCUT2D eigenvalue weighted by atomic mass is 10.2. The van der Waals surface area contributed by atoms with Crippen molar-refractivity contribution in [2.24, 2.45) is 0 Å². The molecule has 3 aromatic carbocycles. The number of ether oxygens (including phenoxy) is 1. The van der Waals surface area contributed by atoms with Crippen LogP contribution in [0.4, 0.5) is 11.4 Å². The topological polar surface area (TPSA) is 101 Å². The predicted molar refractivity (Wildman–Crippen MR) is 137 cm³/mol. The van der Waals surface area contributed by atoms with Crippen LogP contribution in [0.25, 0.3) is 10.9 Å². The molecule has 3 N–H and O–H groups in total. The molecule has 0 spiro atoms. The second kappa shape index (κ2) is 10.1. The van der Waals surface area contributed by atoms with Crippen LogP contribution in [-0.4, -0.2) is 29.5 Å². The minimum absolute atomic E-state index is 0.0720. The van der Waals surface area contributed by atoms with Gasteiger partial charge in [-0.1, -0.05) is 53.5 Å². The van der Waals surface area contributed by atoms with Crippen molar-refractivity contribution in [1.29, 1.82) is 0 Å². The van der Waals surface area contributed by atoms with Crippen molar-refractivity contribution in [3.8, 4) is 5.75 Å². The van der Waals surface area contributed by atoms with Gasteiger partial charge in [-0.2, -0.15) is 0 Å². The zero-order valence-corrected chi connectivity index (χ0v) is 20.2. The number of nitrogens with one attached hydrogen (secondary N) is 3. The maximum Gasteiger partial charge on any atom is 0.328 e. The van der Waals surface area contributed by atoms with Crippen LogP contribution in [0.1, 0.15) is 16.1 Å². The summed E-state index contributed by atoms with van der Waals surface area (Å²) in [5.41, 5.74) is 4.44. The molecule has 0 aliphatic heterocycles. The fourth-order valence-electron chi connectivity index (χ4n) is 3.50. The first-order valence-electron chi connectivity index (χ1n) is 10.4. The highest BCUT2D eigenvalue weighted by molar-refractivity contribution is 6.44. The molecule has 0 radical (unpaired) electrons. The first kappa shape index (κ1) is 24.1. The number of rotatable bonds is 5. The van der Waals surface area contributed by atoms with Crippen molar-refractivity contribution in [3.63, 3.8) is 0 Å². The molecule has 10 heteroatoms. The summed E-state index contributed by atoms with van der Waals surface area (Å²) >= 11 is 12.2. The number of benzene rings is 3. The quantitative estimate of drug-likeness (QED) is 0.320. The Hall–Kier alpha value is -4.01. The molecular weight excluding hydrogens is 491 g/mol. The zero-order valence-electron chi connectivity index (χ0n) is 18.7. The van der Waals surface area contributed by atoms with Crippen LogP contribution in [-0.2, 0) is 9.59 Å². The minimum Gasteiger partial charge on any atom is -0.494 e. The van der Waals surface area contributed by atoms with Gasteiger partial charge in [0.2, 0.25) is 0 Å². The van der Waals surface area contributed by atoms with Crippen molar-refractivity contribution in [3.05, 3.63) is 88.0 Å². The molecule has 35 heavy (non-hydrogen) atoms. The monoisotopic (exact) mass is 510 g/mol. The van der Waals surface area contributed by atoms with Gasteiger partial charge in [0.1, 0.15) is 17.0 Å². The smallest absolute Gasteiger partial charge is 0.328 e. The van der Waals surface area contributed by atoms with E-state index in [4.69, 9.17) is 27.9 Å². The Labute approximate surface area is 210 Å². The molecule has 178 valence electrons. The molecule has 0 bridgehead atoms. The summed E-state index contributed by atoms with van der Waals surface area (Å²) in [6.07, 6.45) is 0. The maximum atomic E-state index is 13.3. The van der Waals surface area contributed by atoms with Crippen molar-refractivity contribution in [2.45, 2.75) is 6.92 Å². The predicted octanol–water partition coefficient (Wildman–Crippen LogP) is 5.23. The molecule has 1 aromatic heterocycles. The van der Waals surface area contributed by atoms with E-state index in [1.54, 1.807) is 73.7 Å². The van der Waals surface area contributed by atoms with Gasteiger partial charge in [-0.05, 0) is 48.9 Å². The number of hydrogen-bond donors (Lipinski definition) is 3. The molecule has 1 heterocycles. The van der Waals surface area contributed by atoms with Gasteiger partial charge in [-0.3, -0.25) is 19.8 Å². The van der Waals surface area contributed by atoms with Gasteiger partial charge in [0, 0.05) is 16.1 Å². The number of anilines is 2. The number of methoxy groups -OCH3 is 1. The highest BCUT2D eigenvalue weighted by Gasteiger charge is 2.23. The highest BCUT2D eigenvalue weighted by atomic mass is 35.5. The van der Waals surface area contributed by atoms with E-state index >= 15 is 0 Å². The number of aromatic nitrogens is 1. The summed E-state index contributed by atoms with van der Waals surface area (Å²) in [6.45, 7) is 1.78. The number of halogens is 2. The number of fused-ring (bicyclic) bond motifs is 1. The van der Waals surface area contributed by atoms with Gasteiger partial charge >= 0.3 is 11.8 Å². The Kier molecular flexibility index (Phi) is 6.95. The molecule has 3 amide bonds. The maximum absolute atomic E-state index is 13.3. The summed E-state index contributed by atoms with van der Waals surface area (Å²) in [4.78, 5) is 38.7. The van der Waals surface area contributed by atoms with E-state index < -0.39 is 17.7 Å². The zero-order chi connectivity index (χ0) is 25.1. The van der Waals surface area contributed by atoms with E-state index in [-0.39, 0.29) is 16.4 Å². The number of carbonyl (C=O) groups excluding carboxylic acids is 3.